The zero-order valence-corrected chi connectivity index (χ0v) is 13.0. The Morgan fingerprint density at radius 3 is 2.38 bits per heavy atom. The molecule has 0 bridgehead atoms. The van der Waals surface area contributed by atoms with Crippen LogP contribution in [0.3, 0.4) is 0 Å². The van der Waals surface area contributed by atoms with Crippen LogP contribution in [0, 0.1) is 5.92 Å². The zero-order valence-electron chi connectivity index (χ0n) is 13.0. The zero-order chi connectivity index (χ0) is 17.9. The molecule has 0 aliphatic heterocycles. The Kier molecular flexibility index (Phi) is 6.60. The molecule has 5 nitrogen and oxygen atoms in total. The van der Waals surface area contributed by atoms with Crippen LogP contribution in [0.2, 0.25) is 0 Å². The molecule has 24 heavy (non-hydrogen) atoms. The van der Waals surface area contributed by atoms with Crippen LogP contribution in [0.4, 0.5) is 17.6 Å². The number of ether oxygens (including phenoxy) is 1. The van der Waals surface area contributed by atoms with E-state index in [9.17, 15) is 32.9 Å². The Labute approximate surface area is 137 Å². The third-order valence-corrected chi connectivity index (χ3v) is 4.67. The molecule has 2 rings (SSSR count). The number of aliphatic hydroxyl groups is 3. The number of aliphatic hydroxyl groups excluding tert-OH is 3. The molecule has 0 aromatic heterocycles. The summed E-state index contributed by atoms with van der Waals surface area (Å²) < 4.78 is 54.6. The maximum Gasteiger partial charge on any atom is 0.345 e. The summed E-state index contributed by atoms with van der Waals surface area (Å²) in [5.74, 6) is -2.61. The van der Waals surface area contributed by atoms with E-state index in [-0.39, 0.29) is 24.3 Å². The van der Waals surface area contributed by atoms with Crippen molar-refractivity contribution >= 4 is 0 Å². The van der Waals surface area contributed by atoms with Crippen molar-refractivity contribution in [2.75, 3.05) is 13.2 Å². The van der Waals surface area contributed by atoms with E-state index >= 15 is 0 Å². The molecule has 0 amide bonds. The summed E-state index contributed by atoms with van der Waals surface area (Å²) in [6, 6.07) is -0.776. The van der Waals surface area contributed by atoms with E-state index in [1.807, 2.05) is 0 Å². The molecule has 1 saturated carbocycles. The maximum atomic E-state index is 13.1. The molecule has 0 radical (unpaired) electrons. The third kappa shape index (κ3) is 5.13. The molecule has 0 spiro atoms. The number of hydrogen-bond acceptors (Lipinski definition) is 5. The Balaban J connectivity index is 1.92. The smallest absolute Gasteiger partial charge is 0.345 e. The molecule has 140 valence electrons. The molecule has 1 fully saturated rings. The largest absolute Gasteiger partial charge is 0.388 e. The highest BCUT2D eigenvalue weighted by Gasteiger charge is 2.39. The first-order chi connectivity index (χ1) is 11.2. The van der Waals surface area contributed by atoms with Crippen LogP contribution in [0.5, 0.6) is 0 Å². The van der Waals surface area contributed by atoms with Crippen LogP contribution in [-0.4, -0.2) is 65.4 Å². The van der Waals surface area contributed by atoms with Gasteiger partial charge in [-0.15, -0.1) is 0 Å². The fourth-order valence-electron chi connectivity index (χ4n) is 3.13. The van der Waals surface area contributed by atoms with Crippen molar-refractivity contribution < 1.29 is 37.6 Å². The van der Waals surface area contributed by atoms with Crippen molar-refractivity contribution in [3.05, 3.63) is 11.6 Å². The van der Waals surface area contributed by atoms with E-state index in [1.165, 1.54) is 6.08 Å². The minimum atomic E-state index is -3.02. The SMILES string of the molecule is O[C@@H]1[C@@H](O)[C@@H](O)C(COC(F)F)=C[C@H]1NCC1CCC(F)(F)CC1. The summed E-state index contributed by atoms with van der Waals surface area (Å²) in [7, 11) is 0. The lowest BCUT2D eigenvalue weighted by molar-refractivity contribution is -0.129. The molecule has 2 aliphatic carbocycles. The van der Waals surface area contributed by atoms with Crippen LogP contribution in [-0.2, 0) is 4.74 Å². The maximum absolute atomic E-state index is 13.1. The van der Waals surface area contributed by atoms with Crippen molar-refractivity contribution in [2.24, 2.45) is 5.92 Å². The van der Waals surface area contributed by atoms with Gasteiger partial charge in [0.25, 0.3) is 0 Å². The highest BCUT2D eigenvalue weighted by molar-refractivity contribution is 5.22. The highest BCUT2D eigenvalue weighted by Crippen LogP contribution is 2.36. The van der Waals surface area contributed by atoms with Crippen molar-refractivity contribution in [1.82, 2.24) is 5.32 Å². The number of halogens is 4. The lowest BCUT2D eigenvalue weighted by atomic mass is 9.85. The van der Waals surface area contributed by atoms with Gasteiger partial charge in [0.2, 0.25) is 5.92 Å². The highest BCUT2D eigenvalue weighted by atomic mass is 19.3. The van der Waals surface area contributed by atoms with Gasteiger partial charge in [-0.3, -0.25) is 0 Å². The van der Waals surface area contributed by atoms with E-state index in [0.717, 1.165) is 0 Å². The third-order valence-electron chi connectivity index (χ3n) is 4.67. The predicted octanol–water partition coefficient (Wildman–Crippen LogP) is 1.03. The van der Waals surface area contributed by atoms with Gasteiger partial charge in [0, 0.05) is 12.8 Å². The second-order valence-corrected chi connectivity index (χ2v) is 6.47. The molecule has 4 atom stereocenters. The second kappa shape index (κ2) is 8.09. The molecule has 2 aliphatic rings. The summed E-state index contributed by atoms with van der Waals surface area (Å²) in [6.45, 7) is -3.24. The van der Waals surface area contributed by atoms with Crippen LogP contribution in [0.15, 0.2) is 11.6 Å². The molecule has 9 heteroatoms. The van der Waals surface area contributed by atoms with Gasteiger partial charge >= 0.3 is 6.61 Å². The van der Waals surface area contributed by atoms with Crippen LogP contribution >= 0.6 is 0 Å². The average molecular weight is 357 g/mol. The Bertz CT molecular complexity index is 439. The van der Waals surface area contributed by atoms with E-state index in [1.54, 1.807) is 0 Å². The quantitative estimate of drug-likeness (QED) is 0.422. The van der Waals surface area contributed by atoms with E-state index in [2.05, 4.69) is 10.1 Å². The standard InChI is InChI=1S/C15H23F4NO4/c16-14(17)24-7-9-5-10(12(22)13(23)11(9)21)20-6-8-1-3-15(18,19)4-2-8/h5,8,10-14,20-23H,1-4,6-7H2/t10-,11+,12+,13+/m1/s1. The molecule has 0 aromatic rings. The van der Waals surface area contributed by atoms with E-state index in [0.29, 0.717) is 19.4 Å². The normalized spacial score (nSPS) is 34.4. The summed E-state index contributed by atoms with van der Waals surface area (Å²) in [5.41, 5.74) is 0.0424. The molecule has 4 N–H and O–H groups in total. The van der Waals surface area contributed by atoms with Gasteiger partial charge in [0.05, 0.1) is 12.6 Å². The monoisotopic (exact) mass is 357 g/mol. The molecular formula is C15H23F4NO4. The predicted molar refractivity (Wildman–Crippen MR) is 76.8 cm³/mol. The van der Waals surface area contributed by atoms with E-state index < -0.39 is 43.5 Å². The topological polar surface area (TPSA) is 82.0 Å². The first-order valence-electron chi connectivity index (χ1n) is 7.95. The molecule has 0 saturated heterocycles. The summed E-state index contributed by atoms with van der Waals surface area (Å²) in [5, 5.41) is 32.6. The van der Waals surface area contributed by atoms with Gasteiger partial charge in [-0.25, -0.2) is 8.78 Å². The first kappa shape index (κ1) is 19.6. The van der Waals surface area contributed by atoms with Crippen LogP contribution in [0.1, 0.15) is 25.7 Å². The van der Waals surface area contributed by atoms with Crippen molar-refractivity contribution in [3.8, 4) is 0 Å². The first-order valence-corrected chi connectivity index (χ1v) is 7.95. The summed E-state index contributed by atoms with van der Waals surface area (Å²) in [4.78, 5) is 0. The fourth-order valence-corrected chi connectivity index (χ4v) is 3.13. The second-order valence-electron chi connectivity index (χ2n) is 6.47. The lowest BCUT2D eigenvalue weighted by Gasteiger charge is -2.36. The molecule has 0 aromatic carbocycles. The van der Waals surface area contributed by atoms with Gasteiger partial charge in [-0.1, -0.05) is 6.08 Å². The van der Waals surface area contributed by atoms with Crippen molar-refractivity contribution in [2.45, 2.75) is 62.6 Å². The number of alkyl halides is 4. The number of nitrogens with one attached hydrogen (secondary N) is 1. The van der Waals surface area contributed by atoms with E-state index in [4.69, 9.17) is 0 Å². The minimum Gasteiger partial charge on any atom is -0.388 e. The van der Waals surface area contributed by atoms with Gasteiger partial charge in [-0.05, 0) is 30.9 Å². The minimum absolute atomic E-state index is 0.00924. The Morgan fingerprint density at radius 2 is 1.79 bits per heavy atom. The van der Waals surface area contributed by atoms with Gasteiger partial charge < -0.3 is 25.4 Å². The van der Waals surface area contributed by atoms with Gasteiger partial charge in [0.15, 0.2) is 0 Å². The Hall–Kier alpha value is -0.740. The van der Waals surface area contributed by atoms with Gasteiger partial charge in [0.1, 0.15) is 18.3 Å². The summed E-state index contributed by atoms with van der Waals surface area (Å²) >= 11 is 0. The van der Waals surface area contributed by atoms with Crippen molar-refractivity contribution in [3.63, 3.8) is 0 Å². The van der Waals surface area contributed by atoms with Crippen molar-refractivity contribution in [1.29, 1.82) is 0 Å². The Morgan fingerprint density at radius 1 is 1.17 bits per heavy atom. The molecule has 0 heterocycles. The summed E-state index contributed by atoms with van der Waals surface area (Å²) in [6.07, 6.45) is -2.70. The van der Waals surface area contributed by atoms with Crippen LogP contribution < -0.4 is 5.32 Å². The van der Waals surface area contributed by atoms with Gasteiger partial charge in [-0.2, -0.15) is 8.78 Å². The number of hydrogen-bond donors (Lipinski definition) is 4. The van der Waals surface area contributed by atoms with Crippen LogP contribution in [0.25, 0.3) is 0 Å². The molecule has 0 unspecified atom stereocenters. The fraction of sp³-hybridized carbons (Fsp3) is 0.867. The number of rotatable bonds is 6. The molecular weight excluding hydrogens is 334 g/mol. The average Bonchev–Trinajstić information content (AvgIpc) is 2.52. The lowest BCUT2D eigenvalue weighted by Crippen LogP contribution is -2.54.